The summed E-state index contributed by atoms with van der Waals surface area (Å²) < 4.78 is 71.8. The van der Waals surface area contributed by atoms with Crippen molar-refractivity contribution < 1.29 is 31.5 Å². The van der Waals surface area contributed by atoms with Crippen molar-refractivity contribution >= 4 is 29.0 Å². The van der Waals surface area contributed by atoms with Crippen LogP contribution in [0, 0.1) is 5.41 Å². The smallest absolute Gasteiger partial charge is 0.361 e. The minimum atomic E-state index is -4.90. The molecular weight excluding hydrogens is 553 g/mol. The molecule has 40 heavy (non-hydrogen) atoms. The first-order chi connectivity index (χ1) is 18.6. The van der Waals surface area contributed by atoms with Gasteiger partial charge >= 0.3 is 6.18 Å². The summed E-state index contributed by atoms with van der Waals surface area (Å²) in [5.41, 5.74) is -2.11. The number of carbonyl (C=O) groups excluding carboxylic acids is 2. The highest BCUT2D eigenvalue weighted by atomic mass is 32.1. The Labute approximate surface area is 234 Å². The Hall–Kier alpha value is -2.83. The van der Waals surface area contributed by atoms with Gasteiger partial charge in [-0.25, -0.2) is 18.7 Å². The molecule has 7 nitrogen and oxygen atoms in total. The van der Waals surface area contributed by atoms with E-state index in [9.17, 15) is 31.5 Å². The van der Waals surface area contributed by atoms with Crippen molar-refractivity contribution in [2.75, 3.05) is 18.4 Å². The molecule has 2 N–H and O–H groups in total. The molecule has 0 radical (unpaired) electrons. The fourth-order valence-corrected chi connectivity index (χ4v) is 5.93. The van der Waals surface area contributed by atoms with Crippen LogP contribution in [0.15, 0.2) is 12.3 Å². The number of thiazole rings is 1. The van der Waals surface area contributed by atoms with Crippen molar-refractivity contribution in [1.29, 1.82) is 0 Å². The molecule has 2 amide bonds. The number of hydrogen-bond acceptors (Lipinski definition) is 6. The van der Waals surface area contributed by atoms with Crippen LogP contribution in [-0.4, -0.2) is 57.8 Å². The average Bonchev–Trinajstić information content (AvgIpc) is 3.49. The van der Waals surface area contributed by atoms with E-state index in [0.717, 1.165) is 19.0 Å². The largest absolute Gasteiger partial charge is 0.417 e. The molecule has 2 aromatic heterocycles. The number of nitrogens with one attached hydrogen (secondary N) is 2. The van der Waals surface area contributed by atoms with Crippen LogP contribution in [0.25, 0.3) is 10.4 Å². The van der Waals surface area contributed by atoms with Crippen LogP contribution in [0.4, 0.5) is 27.8 Å². The maximum Gasteiger partial charge on any atom is 0.417 e. The molecule has 2 atom stereocenters. The molecule has 0 unspecified atom stereocenters. The number of pyridine rings is 1. The van der Waals surface area contributed by atoms with Crippen LogP contribution >= 0.6 is 11.3 Å². The predicted molar refractivity (Wildman–Crippen MR) is 143 cm³/mol. The van der Waals surface area contributed by atoms with Gasteiger partial charge in [-0.3, -0.25) is 9.59 Å². The van der Waals surface area contributed by atoms with Gasteiger partial charge in [-0.1, -0.05) is 27.2 Å². The number of halogens is 5. The molecular formula is C27H34F5N5O2S. The maximum absolute atomic E-state index is 14.4. The molecule has 2 aliphatic rings. The molecule has 2 fully saturated rings. The third kappa shape index (κ3) is 6.72. The lowest BCUT2D eigenvalue weighted by molar-refractivity contribution is -0.137. The summed E-state index contributed by atoms with van der Waals surface area (Å²) in [6.07, 6.45) is -1.88. The SMILES string of the molecule is C[C@H]1CCCN1C(=O)c1nc(C(=O)NCC(C)(C)C)sc1-c1cnc(N[C@@H]2CCCCC2(F)F)cc1C(F)(F)F. The highest BCUT2D eigenvalue weighted by molar-refractivity contribution is 7.17. The molecule has 3 heterocycles. The number of aromatic nitrogens is 2. The second kappa shape index (κ2) is 11.2. The van der Waals surface area contributed by atoms with Gasteiger partial charge in [0.2, 0.25) is 0 Å². The van der Waals surface area contributed by atoms with Crippen molar-refractivity contribution in [3.8, 4) is 10.4 Å². The van der Waals surface area contributed by atoms with Gasteiger partial charge in [-0.15, -0.1) is 11.3 Å². The maximum atomic E-state index is 14.4. The van der Waals surface area contributed by atoms with E-state index < -0.39 is 41.1 Å². The Morgan fingerprint density at radius 2 is 1.88 bits per heavy atom. The highest BCUT2D eigenvalue weighted by Gasteiger charge is 2.43. The fourth-order valence-electron chi connectivity index (χ4n) is 4.94. The van der Waals surface area contributed by atoms with Crippen molar-refractivity contribution in [2.24, 2.45) is 5.41 Å². The lowest BCUT2D eigenvalue weighted by atomic mass is 9.91. The molecule has 1 aliphatic heterocycles. The molecule has 1 aliphatic carbocycles. The van der Waals surface area contributed by atoms with Crippen molar-refractivity contribution in [1.82, 2.24) is 20.2 Å². The monoisotopic (exact) mass is 587 g/mol. The zero-order valence-corrected chi connectivity index (χ0v) is 23.7. The predicted octanol–water partition coefficient (Wildman–Crippen LogP) is 6.61. The molecule has 4 rings (SSSR count). The van der Waals surface area contributed by atoms with E-state index in [4.69, 9.17) is 0 Å². The van der Waals surface area contributed by atoms with Crippen molar-refractivity contribution in [2.45, 2.75) is 90.4 Å². The quantitative estimate of drug-likeness (QED) is 0.371. The van der Waals surface area contributed by atoms with Gasteiger partial charge in [0.05, 0.1) is 16.5 Å². The molecule has 13 heteroatoms. The van der Waals surface area contributed by atoms with E-state index >= 15 is 0 Å². The van der Waals surface area contributed by atoms with Gasteiger partial charge in [0, 0.05) is 37.3 Å². The number of carbonyl (C=O) groups is 2. The third-order valence-corrected chi connectivity index (χ3v) is 8.24. The molecule has 0 bridgehead atoms. The van der Waals surface area contributed by atoms with E-state index in [1.54, 1.807) is 0 Å². The highest BCUT2D eigenvalue weighted by Crippen LogP contribution is 2.43. The summed E-state index contributed by atoms with van der Waals surface area (Å²) in [5.74, 6) is -4.58. The summed E-state index contributed by atoms with van der Waals surface area (Å²) in [4.78, 5) is 36.1. The molecule has 0 aromatic carbocycles. The zero-order valence-electron chi connectivity index (χ0n) is 22.9. The normalized spacial score (nSPS) is 21.4. The fraction of sp³-hybridized carbons (Fsp3) is 0.630. The first-order valence-corrected chi connectivity index (χ1v) is 14.2. The summed E-state index contributed by atoms with van der Waals surface area (Å²) in [5, 5.41) is 5.07. The number of amides is 2. The molecule has 1 saturated heterocycles. The minimum absolute atomic E-state index is 0.104. The van der Waals surface area contributed by atoms with Crippen LogP contribution < -0.4 is 10.6 Å². The summed E-state index contributed by atoms with van der Waals surface area (Å²) in [7, 11) is 0. The zero-order chi connectivity index (χ0) is 29.5. The topological polar surface area (TPSA) is 87.2 Å². The number of nitrogens with zero attached hydrogens (tertiary/aromatic N) is 3. The lowest BCUT2D eigenvalue weighted by Crippen LogP contribution is -2.42. The number of rotatable bonds is 6. The van der Waals surface area contributed by atoms with E-state index in [0.29, 0.717) is 36.8 Å². The van der Waals surface area contributed by atoms with Gasteiger partial charge in [-0.2, -0.15) is 13.2 Å². The Morgan fingerprint density at radius 3 is 2.48 bits per heavy atom. The van der Waals surface area contributed by atoms with Crippen LogP contribution in [0.3, 0.4) is 0 Å². The summed E-state index contributed by atoms with van der Waals surface area (Å²) >= 11 is 0.680. The number of alkyl halides is 5. The van der Waals surface area contributed by atoms with Gasteiger partial charge in [0.1, 0.15) is 11.5 Å². The van der Waals surface area contributed by atoms with Crippen LogP contribution in [0.1, 0.15) is 92.1 Å². The van der Waals surface area contributed by atoms with Crippen LogP contribution in [0.2, 0.25) is 0 Å². The minimum Gasteiger partial charge on any atom is -0.361 e. The number of anilines is 1. The standard InChI is InChI=1S/C27H34F5N5O2S/c1-15-8-7-11-37(15)24(39)20-21(40-23(36-20)22(38)34-14-25(2,3)4)16-13-33-19(12-17(16)27(30,31)32)35-18-9-5-6-10-26(18,28)29/h12-13,15,18H,5-11,14H2,1-4H3,(H,33,35)(H,34,38)/t15-,18+/m0/s1. The molecule has 220 valence electrons. The molecule has 0 spiro atoms. The Kier molecular flexibility index (Phi) is 8.45. The summed E-state index contributed by atoms with van der Waals surface area (Å²) in [6, 6.07) is -0.786. The van der Waals surface area contributed by atoms with Crippen LogP contribution in [-0.2, 0) is 6.18 Å². The first-order valence-electron chi connectivity index (χ1n) is 13.4. The molecule has 1 saturated carbocycles. The molecule has 2 aromatic rings. The van der Waals surface area contributed by atoms with E-state index in [1.807, 2.05) is 27.7 Å². The van der Waals surface area contributed by atoms with Gasteiger partial charge < -0.3 is 15.5 Å². The van der Waals surface area contributed by atoms with Gasteiger partial charge in [0.25, 0.3) is 17.7 Å². The van der Waals surface area contributed by atoms with E-state index in [2.05, 4.69) is 20.6 Å². The van der Waals surface area contributed by atoms with Crippen molar-refractivity contribution in [3.05, 3.63) is 28.5 Å². The second-order valence-electron chi connectivity index (χ2n) is 11.7. The number of hydrogen-bond donors (Lipinski definition) is 2. The average molecular weight is 588 g/mol. The third-order valence-electron chi connectivity index (χ3n) is 7.16. The van der Waals surface area contributed by atoms with Crippen molar-refractivity contribution in [3.63, 3.8) is 0 Å². The Morgan fingerprint density at radius 1 is 1.15 bits per heavy atom. The summed E-state index contributed by atoms with van der Waals surface area (Å²) in [6.45, 7) is 8.27. The van der Waals surface area contributed by atoms with Gasteiger partial charge in [-0.05, 0) is 44.1 Å². The first kappa shape index (κ1) is 30.1. The Balaban J connectivity index is 1.77. The van der Waals surface area contributed by atoms with Crippen LogP contribution in [0.5, 0.6) is 0 Å². The van der Waals surface area contributed by atoms with E-state index in [1.165, 1.54) is 4.90 Å². The van der Waals surface area contributed by atoms with E-state index in [-0.39, 0.29) is 52.2 Å². The number of likely N-dealkylation sites (tertiary alicyclic amines) is 1. The Bertz CT molecular complexity index is 1260. The second-order valence-corrected chi connectivity index (χ2v) is 12.7. The lowest BCUT2D eigenvalue weighted by Gasteiger charge is -2.32. The van der Waals surface area contributed by atoms with Gasteiger partial charge in [0.15, 0.2) is 5.01 Å².